The first-order valence-electron chi connectivity index (χ1n) is 13.2. The molecule has 2 aromatic heterocycles. The predicted molar refractivity (Wildman–Crippen MR) is 165 cm³/mol. The number of methoxy groups -OCH3 is 1. The molecule has 0 bridgehead atoms. The van der Waals surface area contributed by atoms with Crippen molar-refractivity contribution in [1.29, 1.82) is 0 Å². The van der Waals surface area contributed by atoms with Gasteiger partial charge >= 0.3 is 18.0 Å². The monoisotopic (exact) mass is 625 g/mol. The van der Waals surface area contributed by atoms with Crippen LogP contribution in [0.4, 0.5) is 26.9 Å². The molecule has 2 heterocycles. The van der Waals surface area contributed by atoms with Gasteiger partial charge in [0.1, 0.15) is 28.2 Å². The van der Waals surface area contributed by atoms with Gasteiger partial charge in [-0.3, -0.25) is 10.6 Å². The van der Waals surface area contributed by atoms with Crippen molar-refractivity contribution >= 4 is 58.6 Å². The maximum absolute atomic E-state index is 13.1. The summed E-state index contributed by atoms with van der Waals surface area (Å²) in [5.41, 5.74) is 2.06. The summed E-state index contributed by atoms with van der Waals surface area (Å²) < 4.78 is 12.2. The fourth-order valence-corrected chi connectivity index (χ4v) is 4.29. The Hall–Kier alpha value is -4.81. The maximum Gasteiger partial charge on any atom is 0.337 e. The number of carbonyl (C=O) groups excluding carboxylic acids is 3. The standard InChI is InChI=1S/C29H29Cl2N7O5/c1-4-5-6-18-15-24(38(37-18)19-9-7-17(8-10-19)27(39)42-3)36-29(41)34-21-11-12-22(26(31)25(21)30)43-20-13-14-33-23(16-20)35-28(40)32-2/h7-16H,4-6H2,1-3H3,(H2,34,36,41)(H2,32,33,35,40). The molecule has 0 atom stereocenters. The van der Waals surface area contributed by atoms with Gasteiger partial charge in [0, 0.05) is 25.4 Å². The van der Waals surface area contributed by atoms with Crippen molar-refractivity contribution in [3.63, 3.8) is 0 Å². The third-order valence-corrected chi connectivity index (χ3v) is 6.91. The summed E-state index contributed by atoms with van der Waals surface area (Å²) in [5, 5.41) is 15.3. The lowest BCUT2D eigenvalue weighted by Gasteiger charge is -2.14. The summed E-state index contributed by atoms with van der Waals surface area (Å²) in [6.45, 7) is 2.08. The van der Waals surface area contributed by atoms with E-state index in [2.05, 4.69) is 38.3 Å². The van der Waals surface area contributed by atoms with E-state index in [1.165, 1.54) is 26.4 Å². The zero-order valence-corrected chi connectivity index (χ0v) is 25.0. The van der Waals surface area contributed by atoms with Gasteiger partial charge in [-0.25, -0.2) is 24.0 Å². The van der Waals surface area contributed by atoms with Gasteiger partial charge in [-0.05, 0) is 55.3 Å². The minimum atomic E-state index is -0.583. The van der Waals surface area contributed by atoms with Crippen molar-refractivity contribution in [2.24, 2.45) is 0 Å². The van der Waals surface area contributed by atoms with Gasteiger partial charge in [0.25, 0.3) is 0 Å². The summed E-state index contributed by atoms with van der Waals surface area (Å²) >= 11 is 13.0. The van der Waals surface area contributed by atoms with Crippen LogP contribution in [0.2, 0.25) is 10.0 Å². The number of urea groups is 2. The van der Waals surface area contributed by atoms with E-state index in [1.807, 2.05) is 0 Å². The Kier molecular flexibility index (Phi) is 10.4. The van der Waals surface area contributed by atoms with E-state index in [-0.39, 0.29) is 27.3 Å². The number of halogens is 2. The maximum atomic E-state index is 13.1. The first kappa shape index (κ1) is 31.1. The van der Waals surface area contributed by atoms with Crippen molar-refractivity contribution in [1.82, 2.24) is 20.1 Å². The lowest BCUT2D eigenvalue weighted by atomic mass is 10.2. The molecule has 0 aliphatic rings. The minimum absolute atomic E-state index is 0.0580. The van der Waals surface area contributed by atoms with Crippen molar-refractivity contribution in [3.05, 3.63) is 82.1 Å². The molecule has 0 saturated heterocycles. The van der Waals surface area contributed by atoms with Gasteiger partial charge < -0.3 is 20.1 Å². The molecule has 0 fully saturated rings. The number of amides is 4. The Labute approximate surface area is 257 Å². The number of pyridine rings is 1. The second-order valence-corrected chi connectivity index (χ2v) is 9.83. The fraction of sp³-hybridized carbons (Fsp3) is 0.207. The summed E-state index contributed by atoms with van der Waals surface area (Å²) in [4.78, 5) is 40.5. The van der Waals surface area contributed by atoms with Crippen LogP contribution in [0.25, 0.3) is 5.69 Å². The molecule has 14 heteroatoms. The third kappa shape index (κ3) is 7.93. The molecule has 4 rings (SSSR count). The number of nitrogens with zero attached hydrogens (tertiary/aromatic N) is 3. The van der Waals surface area contributed by atoms with Gasteiger partial charge in [-0.15, -0.1) is 0 Å². The molecular weight excluding hydrogens is 597 g/mol. The summed E-state index contributed by atoms with van der Waals surface area (Å²) in [5.74, 6) is 0.804. The van der Waals surface area contributed by atoms with Crippen LogP contribution in [0.15, 0.2) is 60.8 Å². The van der Waals surface area contributed by atoms with Crippen LogP contribution >= 0.6 is 23.2 Å². The van der Waals surface area contributed by atoms with E-state index in [0.717, 1.165) is 25.0 Å². The van der Waals surface area contributed by atoms with Gasteiger partial charge in [-0.1, -0.05) is 36.5 Å². The highest BCUT2D eigenvalue weighted by atomic mass is 35.5. The molecule has 4 N–H and O–H groups in total. The number of aromatic nitrogens is 3. The van der Waals surface area contributed by atoms with Crippen molar-refractivity contribution in [3.8, 4) is 17.2 Å². The largest absolute Gasteiger partial charge is 0.465 e. The first-order valence-corrected chi connectivity index (χ1v) is 13.9. The second kappa shape index (κ2) is 14.4. The number of anilines is 3. The van der Waals surface area contributed by atoms with Gasteiger partial charge in [-0.2, -0.15) is 5.10 Å². The van der Waals surface area contributed by atoms with Crippen LogP contribution in [-0.4, -0.2) is 47.0 Å². The Morgan fingerprint density at radius 2 is 1.70 bits per heavy atom. The molecule has 0 saturated carbocycles. The number of rotatable bonds is 10. The number of nitrogens with one attached hydrogen (secondary N) is 4. The molecule has 12 nitrogen and oxygen atoms in total. The molecule has 0 spiro atoms. The van der Waals surface area contributed by atoms with Crippen LogP contribution in [0.1, 0.15) is 35.8 Å². The summed E-state index contributed by atoms with van der Waals surface area (Å²) in [6.07, 6.45) is 4.10. The number of unbranched alkanes of at least 4 members (excludes halogenated alkanes) is 1. The number of hydrogen-bond donors (Lipinski definition) is 4. The van der Waals surface area contributed by atoms with Crippen LogP contribution < -0.4 is 26.0 Å². The quantitative estimate of drug-likeness (QED) is 0.140. The SMILES string of the molecule is CCCCc1cc(NC(=O)Nc2ccc(Oc3ccnc(NC(=O)NC)c3)c(Cl)c2Cl)n(-c2ccc(C(=O)OC)cc2)n1. The number of carbonyl (C=O) groups is 3. The Bertz CT molecular complexity index is 1630. The molecule has 4 amide bonds. The molecule has 224 valence electrons. The third-order valence-electron chi connectivity index (χ3n) is 6.04. The van der Waals surface area contributed by atoms with Crippen LogP contribution in [0.5, 0.6) is 11.5 Å². The minimum Gasteiger partial charge on any atom is -0.465 e. The zero-order valence-electron chi connectivity index (χ0n) is 23.5. The van der Waals surface area contributed by atoms with Gasteiger partial charge in [0.15, 0.2) is 0 Å². The van der Waals surface area contributed by atoms with Gasteiger partial charge in [0.05, 0.1) is 34.8 Å². The Morgan fingerprint density at radius 1 is 0.930 bits per heavy atom. The van der Waals surface area contributed by atoms with Crippen LogP contribution in [0.3, 0.4) is 0 Å². The molecule has 0 aliphatic heterocycles. The highest BCUT2D eigenvalue weighted by molar-refractivity contribution is 6.45. The highest BCUT2D eigenvalue weighted by Crippen LogP contribution is 2.39. The van der Waals surface area contributed by atoms with Crippen molar-refractivity contribution in [2.45, 2.75) is 26.2 Å². The Balaban J connectivity index is 1.50. The lowest BCUT2D eigenvalue weighted by Crippen LogP contribution is -2.24. The van der Waals surface area contributed by atoms with Crippen molar-refractivity contribution in [2.75, 3.05) is 30.1 Å². The molecular formula is C29H29Cl2N7O5. The fourth-order valence-electron chi connectivity index (χ4n) is 3.88. The summed E-state index contributed by atoms with van der Waals surface area (Å²) in [7, 11) is 2.80. The molecule has 2 aromatic carbocycles. The van der Waals surface area contributed by atoms with E-state index in [4.69, 9.17) is 32.7 Å². The number of ether oxygens (including phenoxy) is 2. The van der Waals surface area contributed by atoms with Crippen LogP contribution in [-0.2, 0) is 11.2 Å². The summed E-state index contributed by atoms with van der Waals surface area (Å²) in [6, 6.07) is 13.6. The highest BCUT2D eigenvalue weighted by Gasteiger charge is 2.17. The Morgan fingerprint density at radius 3 is 2.40 bits per heavy atom. The molecule has 43 heavy (non-hydrogen) atoms. The van der Waals surface area contributed by atoms with Crippen molar-refractivity contribution < 1.29 is 23.9 Å². The topological polar surface area (TPSA) is 148 Å². The number of esters is 1. The number of hydrogen-bond acceptors (Lipinski definition) is 7. The number of benzene rings is 2. The smallest absolute Gasteiger partial charge is 0.337 e. The predicted octanol–water partition coefficient (Wildman–Crippen LogP) is 6.89. The zero-order chi connectivity index (χ0) is 30.9. The first-order chi connectivity index (χ1) is 20.7. The van der Waals surface area contributed by atoms with E-state index in [1.54, 1.807) is 53.2 Å². The molecule has 4 aromatic rings. The van der Waals surface area contributed by atoms with Gasteiger partial charge in [0.2, 0.25) is 0 Å². The average molecular weight is 627 g/mol. The second-order valence-electron chi connectivity index (χ2n) is 9.08. The van der Waals surface area contributed by atoms with E-state index < -0.39 is 18.0 Å². The number of aryl methyl sites for hydroxylation is 1. The molecule has 0 radical (unpaired) electrons. The van der Waals surface area contributed by atoms with E-state index >= 15 is 0 Å². The lowest BCUT2D eigenvalue weighted by molar-refractivity contribution is 0.0600. The van der Waals surface area contributed by atoms with E-state index in [9.17, 15) is 14.4 Å². The molecule has 0 unspecified atom stereocenters. The van der Waals surface area contributed by atoms with E-state index in [0.29, 0.717) is 22.8 Å². The molecule has 0 aliphatic carbocycles. The van der Waals surface area contributed by atoms with Crippen LogP contribution in [0, 0.1) is 0 Å². The normalized spacial score (nSPS) is 10.5. The average Bonchev–Trinajstić information content (AvgIpc) is 3.41.